The Labute approximate surface area is 295 Å². The van der Waals surface area contributed by atoms with E-state index in [1.807, 2.05) is 134 Å². The molecule has 49 heavy (non-hydrogen) atoms. The molecule has 9 heteroatoms. The Bertz CT molecular complexity index is 1950. The van der Waals surface area contributed by atoms with Gasteiger partial charge in [-0.25, -0.2) is 0 Å². The molecule has 3 amide bonds. The van der Waals surface area contributed by atoms with Gasteiger partial charge in [0.05, 0.1) is 16.6 Å². The van der Waals surface area contributed by atoms with E-state index in [0.29, 0.717) is 17.7 Å². The molecule has 0 fully saturated rings. The number of amides is 3. The van der Waals surface area contributed by atoms with Crippen molar-refractivity contribution in [1.82, 2.24) is 5.32 Å². The Kier molecular flexibility index (Phi) is 10.5. The maximum Gasteiger partial charge on any atom is 0.272 e. The summed E-state index contributed by atoms with van der Waals surface area (Å²) < 4.78 is 0. The van der Waals surface area contributed by atoms with E-state index in [0.717, 1.165) is 37.3 Å². The van der Waals surface area contributed by atoms with Crippen LogP contribution in [0, 0.1) is 0 Å². The van der Waals surface area contributed by atoms with Crippen molar-refractivity contribution in [2.24, 2.45) is 0 Å². The van der Waals surface area contributed by atoms with E-state index in [2.05, 4.69) is 10.6 Å². The summed E-state index contributed by atoms with van der Waals surface area (Å²) in [7, 11) is 3.92. The number of nitrogens with zero attached hydrogens (tertiary/aromatic N) is 2. The van der Waals surface area contributed by atoms with E-state index < -0.39 is 5.91 Å². The molecule has 2 N–H and O–H groups in total. The van der Waals surface area contributed by atoms with Crippen molar-refractivity contribution in [1.29, 1.82) is 0 Å². The summed E-state index contributed by atoms with van der Waals surface area (Å²) in [6, 6.07) is 39.9. The molecule has 1 aliphatic rings. The maximum atomic E-state index is 14.1. The zero-order chi connectivity index (χ0) is 34.3. The highest BCUT2D eigenvalue weighted by Gasteiger charge is 2.32. The fourth-order valence-electron chi connectivity index (χ4n) is 5.35. The van der Waals surface area contributed by atoms with Crippen molar-refractivity contribution < 1.29 is 14.4 Å². The predicted octanol–water partition coefficient (Wildman–Crippen LogP) is 8.86. The van der Waals surface area contributed by atoms with Gasteiger partial charge >= 0.3 is 0 Å². The number of para-hydroxylation sites is 2. The van der Waals surface area contributed by atoms with Crippen LogP contribution in [0.1, 0.15) is 29.3 Å². The van der Waals surface area contributed by atoms with E-state index in [1.54, 1.807) is 42.1 Å². The zero-order valence-corrected chi connectivity index (χ0v) is 29.1. The molecule has 5 aromatic carbocycles. The smallest absolute Gasteiger partial charge is 0.272 e. The van der Waals surface area contributed by atoms with Crippen molar-refractivity contribution in [3.63, 3.8) is 0 Å². The third kappa shape index (κ3) is 7.91. The molecule has 6 rings (SSSR count). The number of fused-ring (bicyclic) bond motifs is 2. The topological polar surface area (TPSA) is 81.8 Å². The molecule has 0 saturated carbocycles. The Morgan fingerprint density at radius 3 is 1.96 bits per heavy atom. The Morgan fingerprint density at radius 1 is 0.776 bits per heavy atom. The summed E-state index contributed by atoms with van der Waals surface area (Å²) in [4.78, 5) is 47.6. The van der Waals surface area contributed by atoms with E-state index >= 15 is 0 Å². The average Bonchev–Trinajstić information content (AvgIpc) is 3.13. The van der Waals surface area contributed by atoms with Gasteiger partial charge in [-0.15, -0.1) is 11.8 Å². The molecule has 0 bridgehead atoms. The van der Waals surface area contributed by atoms with Crippen molar-refractivity contribution in [2.45, 2.75) is 33.3 Å². The van der Waals surface area contributed by atoms with Crippen molar-refractivity contribution >= 4 is 70.1 Å². The number of hydrogen-bond donors (Lipinski definition) is 2. The van der Waals surface area contributed by atoms with E-state index in [-0.39, 0.29) is 22.8 Å². The molecule has 7 nitrogen and oxygen atoms in total. The third-order valence-electron chi connectivity index (χ3n) is 7.94. The van der Waals surface area contributed by atoms with Crippen LogP contribution >= 0.6 is 23.5 Å². The second-order valence-corrected chi connectivity index (χ2v) is 13.9. The van der Waals surface area contributed by atoms with Crippen LogP contribution in [-0.4, -0.2) is 37.1 Å². The van der Waals surface area contributed by atoms with E-state index in [4.69, 9.17) is 0 Å². The van der Waals surface area contributed by atoms with Crippen molar-refractivity contribution in [2.75, 3.05) is 29.2 Å². The van der Waals surface area contributed by atoms with Crippen molar-refractivity contribution in [3.05, 3.63) is 144 Å². The summed E-state index contributed by atoms with van der Waals surface area (Å²) in [6.45, 7) is 2.02. The van der Waals surface area contributed by atoms with Crippen LogP contribution in [0.5, 0.6) is 0 Å². The molecule has 0 saturated heterocycles. The highest BCUT2D eigenvalue weighted by atomic mass is 32.2. The molecule has 0 radical (unpaired) electrons. The van der Waals surface area contributed by atoms with Crippen LogP contribution in [0.25, 0.3) is 6.08 Å². The van der Waals surface area contributed by atoms with Crippen LogP contribution in [0.2, 0.25) is 0 Å². The van der Waals surface area contributed by atoms with Gasteiger partial charge in [-0.05, 0) is 90.9 Å². The Hall–Kier alpha value is -5.25. The minimum absolute atomic E-state index is 0.0210. The number of hydrogen-bond acceptors (Lipinski definition) is 6. The highest BCUT2D eigenvalue weighted by molar-refractivity contribution is 8.00. The minimum Gasteiger partial charge on any atom is -0.378 e. The van der Waals surface area contributed by atoms with Crippen LogP contribution < -0.4 is 20.4 Å². The average molecular weight is 685 g/mol. The predicted molar refractivity (Wildman–Crippen MR) is 202 cm³/mol. The number of carbonyl (C=O) groups excluding carboxylic acids is 3. The first-order valence-electron chi connectivity index (χ1n) is 15.9. The highest BCUT2D eigenvalue weighted by Crippen LogP contribution is 2.48. The van der Waals surface area contributed by atoms with Gasteiger partial charge in [-0.3, -0.25) is 19.3 Å². The first-order valence-corrected chi connectivity index (χ1v) is 17.6. The molecule has 1 aliphatic heterocycles. The maximum absolute atomic E-state index is 14.1. The Balaban J connectivity index is 1.18. The van der Waals surface area contributed by atoms with Crippen LogP contribution in [0.3, 0.4) is 0 Å². The first kappa shape index (κ1) is 33.6. The van der Waals surface area contributed by atoms with Gasteiger partial charge in [0.2, 0.25) is 5.91 Å². The Morgan fingerprint density at radius 2 is 1.37 bits per heavy atom. The molecule has 1 heterocycles. The summed E-state index contributed by atoms with van der Waals surface area (Å²) in [5.41, 5.74) is 4.69. The third-order valence-corrected chi connectivity index (χ3v) is 10.4. The lowest BCUT2D eigenvalue weighted by Crippen LogP contribution is -2.35. The molecular weight excluding hydrogens is 649 g/mol. The standard InChI is InChI=1S/C40H36N4O3S2/c1-4-35(40(47)44-33-14-8-10-16-36(33)49-37-17-11-9-15-34(37)44)48-31-24-20-29(21-25-31)41-39(46)32(42-38(45)28-12-6-5-7-13-28)26-27-18-22-30(23-19-27)43(2)3/h5-26,35H,4H2,1-3H3,(H,41,46)(H,42,45)/b32-26-. The summed E-state index contributed by atoms with van der Waals surface area (Å²) in [6.07, 6.45) is 2.30. The second kappa shape index (κ2) is 15.3. The second-order valence-electron chi connectivity index (χ2n) is 11.6. The van der Waals surface area contributed by atoms with Crippen LogP contribution in [0.4, 0.5) is 22.7 Å². The molecule has 246 valence electrons. The van der Waals surface area contributed by atoms with E-state index in [9.17, 15) is 14.4 Å². The van der Waals surface area contributed by atoms with Gasteiger partial charge in [0.25, 0.3) is 11.8 Å². The summed E-state index contributed by atoms with van der Waals surface area (Å²) in [5.74, 6) is -0.817. The zero-order valence-electron chi connectivity index (χ0n) is 27.4. The van der Waals surface area contributed by atoms with Crippen LogP contribution in [-0.2, 0) is 9.59 Å². The van der Waals surface area contributed by atoms with Gasteiger partial charge in [0.1, 0.15) is 5.70 Å². The van der Waals surface area contributed by atoms with Gasteiger partial charge in [0.15, 0.2) is 0 Å². The van der Waals surface area contributed by atoms with E-state index in [1.165, 1.54) is 11.8 Å². The monoisotopic (exact) mass is 684 g/mol. The molecule has 0 aromatic heterocycles. The summed E-state index contributed by atoms with van der Waals surface area (Å²) in [5, 5.41) is 5.39. The van der Waals surface area contributed by atoms with Gasteiger partial charge in [-0.1, -0.05) is 73.3 Å². The molecule has 1 unspecified atom stereocenters. The van der Waals surface area contributed by atoms with Gasteiger partial charge in [-0.2, -0.15) is 0 Å². The molecule has 0 spiro atoms. The van der Waals surface area contributed by atoms with Gasteiger partial charge in [0, 0.05) is 45.7 Å². The number of nitrogens with one attached hydrogen (secondary N) is 2. The number of carbonyl (C=O) groups is 3. The number of thioether (sulfide) groups is 1. The van der Waals surface area contributed by atoms with Crippen LogP contribution in [0.15, 0.2) is 148 Å². The fourth-order valence-corrected chi connectivity index (χ4v) is 7.40. The lowest BCUT2D eigenvalue weighted by molar-refractivity contribution is -0.117. The molecular formula is C40H36N4O3S2. The largest absolute Gasteiger partial charge is 0.378 e. The molecule has 0 aliphatic carbocycles. The quantitative estimate of drug-likeness (QED) is 0.113. The number of rotatable bonds is 10. The minimum atomic E-state index is -0.455. The summed E-state index contributed by atoms with van der Waals surface area (Å²) >= 11 is 3.18. The van der Waals surface area contributed by atoms with Crippen molar-refractivity contribution in [3.8, 4) is 0 Å². The lowest BCUT2D eigenvalue weighted by Gasteiger charge is -2.33. The molecule has 5 aromatic rings. The lowest BCUT2D eigenvalue weighted by atomic mass is 10.1. The number of anilines is 4. The van der Waals surface area contributed by atoms with Gasteiger partial charge < -0.3 is 15.5 Å². The normalized spacial score (nSPS) is 12.7. The molecule has 1 atom stereocenters. The number of benzene rings is 5. The SMILES string of the molecule is CCC(Sc1ccc(NC(=O)/C(=C/c2ccc(N(C)C)cc2)NC(=O)c2ccccc2)cc1)C(=O)N1c2ccccc2Sc2ccccc21. The fraction of sp³-hybridized carbons (Fsp3) is 0.125. The first-order chi connectivity index (χ1) is 23.8.